The first-order valence-corrected chi connectivity index (χ1v) is 14.8. The predicted octanol–water partition coefficient (Wildman–Crippen LogP) is 7.89. The first kappa shape index (κ1) is 33.0. The molecule has 2 aromatic rings. The van der Waals surface area contributed by atoms with Crippen LogP contribution >= 0.6 is 0 Å². The van der Waals surface area contributed by atoms with Gasteiger partial charge in [-0.15, -0.1) is 0 Å². The van der Waals surface area contributed by atoms with E-state index >= 15 is 4.39 Å². The van der Waals surface area contributed by atoms with E-state index in [9.17, 15) is 23.1 Å². The van der Waals surface area contributed by atoms with Gasteiger partial charge in [0.25, 0.3) is 0 Å². The van der Waals surface area contributed by atoms with Crippen molar-refractivity contribution in [1.29, 1.82) is 0 Å². The van der Waals surface area contributed by atoms with E-state index in [1.807, 2.05) is 4.90 Å². The number of hydrogen-bond acceptors (Lipinski definition) is 5. The molecule has 3 aliphatic rings. The number of piperidine rings is 1. The van der Waals surface area contributed by atoms with E-state index in [0.717, 1.165) is 36.2 Å². The maximum absolute atomic E-state index is 15.9. The molecular formula is C34H41F4N3O3. The van der Waals surface area contributed by atoms with Crippen LogP contribution in [0.3, 0.4) is 0 Å². The maximum atomic E-state index is 15.9. The number of fused-ring (bicyclic) bond motifs is 1. The van der Waals surface area contributed by atoms with Crippen LogP contribution in [0.15, 0.2) is 54.9 Å². The lowest BCUT2D eigenvalue weighted by Gasteiger charge is -2.43. The Kier molecular flexibility index (Phi) is 10.0. The summed E-state index contributed by atoms with van der Waals surface area (Å²) >= 11 is 0. The lowest BCUT2D eigenvalue weighted by Crippen LogP contribution is -2.40. The summed E-state index contributed by atoms with van der Waals surface area (Å²) < 4.78 is 52.9. The zero-order chi connectivity index (χ0) is 32.3. The molecule has 1 aliphatic carbocycles. The fraction of sp³-hybridized carbons (Fsp3) is 0.441. The Hall–Kier alpha value is -3.95. The second-order valence-electron chi connectivity index (χ2n) is 11.8. The second kappa shape index (κ2) is 13.4. The fourth-order valence-corrected chi connectivity index (χ4v) is 5.91. The summed E-state index contributed by atoms with van der Waals surface area (Å²) in [5.41, 5.74) is 7.89. The number of carboxylic acids is 1. The number of methoxy groups -OCH3 is 1. The first-order valence-electron chi connectivity index (χ1n) is 14.8. The van der Waals surface area contributed by atoms with Crippen LogP contribution in [0.5, 0.6) is 5.75 Å². The van der Waals surface area contributed by atoms with E-state index < -0.39 is 18.1 Å². The van der Waals surface area contributed by atoms with Crippen LogP contribution in [0.4, 0.5) is 28.9 Å². The van der Waals surface area contributed by atoms with Gasteiger partial charge in [0.1, 0.15) is 5.69 Å². The summed E-state index contributed by atoms with van der Waals surface area (Å²) in [5.74, 6) is -1.09. The number of nitrogens with zero attached hydrogens (tertiary/aromatic N) is 2. The SMILES string of the molecule is C=C(NCc1ccc(C)cc1C)C1=CN(C2CCC2)c2c(cc(F)c(N3CCC(C(=O)O)CC3)c2OC)C1=C.CC(F)(F)F. The van der Waals surface area contributed by atoms with E-state index in [-0.39, 0.29) is 18.8 Å². The highest BCUT2D eigenvalue weighted by molar-refractivity contribution is 5.96. The maximum Gasteiger partial charge on any atom is 0.386 e. The number of allylic oxidation sites excluding steroid dienone is 1. The minimum Gasteiger partial charge on any atom is -0.492 e. The zero-order valence-corrected chi connectivity index (χ0v) is 25.8. The Morgan fingerprint density at radius 3 is 2.27 bits per heavy atom. The molecule has 2 fully saturated rings. The standard InChI is InChI=1S/C32H38FN3O3.C2H3F3/c1-19-9-10-24(20(2)15-19)17-34-22(4)27-18-36(25-7-6-8-25)29-26(21(27)3)16-28(33)30(31(29)39-5)35-13-11-23(12-14-35)32(37)38;1-2(3,4)5/h9-10,15-16,18,23,25,34H,3-4,6-8,11-14,17H2,1-2,5H3,(H,37,38);1H3. The van der Waals surface area contributed by atoms with Gasteiger partial charge in [-0.2, -0.15) is 13.2 Å². The number of ether oxygens (including phenoxy) is 1. The third kappa shape index (κ3) is 7.39. The minimum absolute atomic E-state index is 0.188. The number of alkyl halides is 3. The summed E-state index contributed by atoms with van der Waals surface area (Å²) in [5, 5.41) is 12.9. The van der Waals surface area contributed by atoms with Crippen molar-refractivity contribution in [3.05, 3.63) is 83.0 Å². The van der Waals surface area contributed by atoms with Gasteiger partial charge in [0.15, 0.2) is 11.6 Å². The quantitative estimate of drug-likeness (QED) is 0.295. The molecule has 0 atom stereocenters. The van der Waals surface area contributed by atoms with Gasteiger partial charge in [-0.3, -0.25) is 4.79 Å². The van der Waals surface area contributed by atoms with Crippen molar-refractivity contribution in [2.24, 2.45) is 5.92 Å². The van der Waals surface area contributed by atoms with Gasteiger partial charge in [-0.05, 0) is 68.7 Å². The van der Waals surface area contributed by atoms with Crippen LogP contribution in [0.25, 0.3) is 5.57 Å². The Bertz CT molecular complexity index is 1450. The summed E-state index contributed by atoms with van der Waals surface area (Å²) in [4.78, 5) is 15.6. The van der Waals surface area contributed by atoms with Crippen LogP contribution in [0.1, 0.15) is 61.3 Å². The molecule has 0 unspecified atom stereocenters. The minimum atomic E-state index is -4.00. The predicted molar refractivity (Wildman–Crippen MR) is 166 cm³/mol. The fourth-order valence-electron chi connectivity index (χ4n) is 5.91. The van der Waals surface area contributed by atoms with Crippen molar-refractivity contribution in [3.63, 3.8) is 0 Å². The van der Waals surface area contributed by atoms with Crippen molar-refractivity contribution < 1.29 is 32.2 Å². The molecule has 0 amide bonds. The van der Waals surface area contributed by atoms with E-state index in [0.29, 0.717) is 55.0 Å². The van der Waals surface area contributed by atoms with Crippen LogP contribution in [0, 0.1) is 25.6 Å². The van der Waals surface area contributed by atoms with Gasteiger partial charge >= 0.3 is 12.1 Å². The number of benzene rings is 2. The monoisotopic (exact) mass is 615 g/mol. The molecule has 1 saturated carbocycles. The van der Waals surface area contributed by atoms with Crippen LogP contribution in [0.2, 0.25) is 0 Å². The molecular weight excluding hydrogens is 574 g/mol. The van der Waals surface area contributed by atoms with E-state index in [1.54, 1.807) is 13.2 Å². The van der Waals surface area contributed by atoms with Gasteiger partial charge in [-0.25, -0.2) is 4.39 Å². The third-order valence-corrected chi connectivity index (χ3v) is 8.51. The summed E-state index contributed by atoms with van der Waals surface area (Å²) in [6.45, 7) is 14.6. The number of rotatable bonds is 8. The van der Waals surface area contributed by atoms with Gasteiger partial charge in [0.05, 0.1) is 18.7 Å². The van der Waals surface area contributed by atoms with Crippen molar-refractivity contribution in [3.8, 4) is 5.75 Å². The molecule has 6 nitrogen and oxygen atoms in total. The molecule has 2 aliphatic heterocycles. The van der Waals surface area contributed by atoms with Crippen molar-refractivity contribution in [2.45, 2.75) is 71.6 Å². The third-order valence-electron chi connectivity index (χ3n) is 8.51. The lowest BCUT2D eigenvalue weighted by molar-refractivity contribution is -0.142. The normalized spacial score (nSPS) is 17.2. The molecule has 10 heteroatoms. The van der Waals surface area contributed by atoms with Gasteiger partial charge < -0.3 is 25.0 Å². The number of carboxylic acid groups (broad SMARTS) is 1. The van der Waals surface area contributed by atoms with Crippen molar-refractivity contribution in [2.75, 3.05) is 30.0 Å². The highest BCUT2D eigenvalue weighted by Crippen LogP contribution is 2.51. The van der Waals surface area contributed by atoms with E-state index in [1.165, 1.54) is 16.7 Å². The smallest absolute Gasteiger partial charge is 0.386 e. The molecule has 1 saturated heterocycles. The van der Waals surface area contributed by atoms with Crippen LogP contribution in [-0.2, 0) is 11.3 Å². The van der Waals surface area contributed by atoms with Crippen molar-refractivity contribution >= 4 is 22.9 Å². The summed E-state index contributed by atoms with van der Waals surface area (Å²) in [6.07, 6.45) is 2.27. The molecule has 0 aromatic heterocycles. The van der Waals surface area contributed by atoms with E-state index in [2.05, 4.69) is 61.6 Å². The number of carbonyl (C=O) groups is 1. The number of aryl methyl sites for hydroxylation is 2. The molecule has 0 bridgehead atoms. The summed E-state index contributed by atoms with van der Waals surface area (Å²) in [6, 6.07) is 8.26. The molecule has 2 N–H and O–H groups in total. The van der Waals surface area contributed by atoms with Gasteiger partial charge in [0.2, 0.25) is 0 Å². The zero-order valence-electron chi connectivity index (χ0n) is 25.8. The Labute approximate surface area is 256 Å². The largest absolute Gasteiger partial charge is 0.492 e. The Morgan fingerprint density at radius 2 is 1.75 bits per heavy atom. The highest BCUT2D eigenvalue weighted by atomic mass is 19.4. The topological polar surface area (TPSA) is 65.0 Å². The Balaban J connectivity index is 0.000000818. The molecule has 0 radical (unpaired) electrons. The average Bonchev–Trinajstić information content (AvgIpc) is 2.91. The number of hydrogen-bond donors (Lipinski definition) is 2. The van der Waals surface area contributed by atoms with Crippen molar-refractivity contribution in [1.82, 2.24) is 5.32 Å². The highest BCUT2D eigenvalue weighted by Gasteiger charge is 2.37. The first-order chi connectivity index (χ1) is 20.7. The van der Waals surface area contributed by atoms with Crippen LogP contribution in [-0.4, -0.2) is 43.5 Å². The molecule has 238 valence electrons. The Morgan fingerprint density at radius 1 is 1.11 bits per heavy atom. The van der Waals surface area contributed by atoms with Gasteiger partial charge in [-0.1, -0.05) is 36.9 Å². The second-order valence-corrected chi connectivity index (χ2v) is 11.8. The molecule has 0 spiro atoms. The number of nitrogens with one attached hydrogen (secondary N) is 1. The summed E-state index contributed by atoms with van der Waals surface area (Å²) in [7, 11) is 1.58. The average molecular weight is 616 g/mol. The lowest BCUT2D eigenvalue weighted by atomic mass is 9.85. The number of anilines is 2. The van der Waals surface area contributed by atoms with Crippen LogP contribution < -0.4 is 19.9 Å². The molecule has 2 heterocycles. The molecule has 2 aromatic carbocycles. The van der Waals surface area contributed by atoms with E-state index in [4.69, 9.17) is 4.74 Å². The number of aliphatic carboxylic acids is 1. The molecule has 44 heavy (non-hydrogen) atoms. The molecule has 5 rings (SSSR count). The number of halogens is 4. The van der Waals surface area contributed by atoms with Gasteiger partial charge in [0, 0.05) is 55.6 Å².